The summed E-state index contributed by atoms with van der Waals surface area (Å²) in [6, 6.07) is 5.17. The number of alkyl halides is 1. The van der Waals surface area contributed by atoms with E-state index < -0.39 is 6.10 Å². The number of hydrogen-bond donors (Lipinski definition) is 2. The van der Waals surface area contributed by atoms with Crippen LogP contribution in [0.4, 0.5) is 5.69 Å². The second-order valence-electron chi connectivity index (χ2n) is 3.08. The molecule has 0 saturated carbocycles. The van der Waals surface area contributed by atoms with E-state index in [0.29, 0.717) is 10.7 Å². The molecule has 0 aliphatic heterocycles. The molecule has 1 unspecified atom stereocenters. The molecule has 0 aromatic heterocycles. The first-order valence-electron chi connectivity index (χ1n) is 4.46. The number of rotatable bonds is 4. The molecular weight excluding hydrogens is 270 g/mol. The Morgan fingerprint density at radius 2 is 2.12 bits per heavy atom. The number of aliphatic hydroxyl groups is 1. The zero-order valence-electron chi connectivity index (χ0n) is 8.17. The summed E-state index contributed by atoms with van der Waals surface area (Å²) >= 11 is 17.1. The van der Waals surface area contributed by atoms with Crippen molar-refractivity contribution in [3.8, 4) is 6.07 Å². The second-order valence-corrected chi connectivity index (χ2v) is 4.18. The number of nitrogens with one attached hydrogen (secondary N) is 1. The molecule has 0 radical (unpaired) electrons. The maximum atomic E-state index is 9.27. The van der Waals surface area contributed by atoms with Gasteiger partial charge in [0, 0.05) is 6.54 Å². The topological polar surface area (TPSA) is 56.0 Å². The van der Waals surface area contributed by atoms with Gasteiger partial charge in [0.15, 0.2) is 0 Å². The van der Waals surface area contributed by atoms with Crippen molar-refractivity contribution in [1.29, 1.82) is 5.26 Å². The van der Waals surface area contributed by atoms with Gasteiger partial charge in [0.1, 0.15) is 6.07 Å². The van der Waals surface area contributed by atoms with Crippen molar-refractivity contribution >= 4 is 40.5 Å². The van der Waals surface area contributed by atoms with E-state index in [1.807, 2.05) is 6.07 Å². The van der Waals surface area contributed by atoms with Crippen LogP contribution >= 0.6 is 34.8 Å². The standard InChI is InChI=1S/C10H9Cl3N2O/c11-3-6(16)5-15-9-2-1-8(12)10(13)7(9)4-14/h1-2,6,15-16H,3,5H2. The summed E-state index contributed by atoms with van der Waals surface area (Å²) in [4.78, 5) is 0. The highest BCUT2D eigenvalue weighted by Crippen LogP contribution is 2.30. The monoisotopic (exact) mass is 278 g/mol. The van der Waals surface area contributed by atoms with E-state index in [-0.39, 0.29) is 23.0 Å². The molecule has 1 aromatic carbocycles. The number of halogens is 3. The van der Waals surface area contributed by atoms with E-state index in [9.17, 15) is 5.11 Å². The third-order valence-electron chi connectivity index (χ3n) is 1.91. The number of benzene rings is 1. The lowest BCUT2D eigenvalue weighted by Crippen LogP contribution is -2.21. The van der Waals surface area contributed by atoms with Gasteiger partial charge in [0.05, 0.1) is 33.3 Å². The summed E-state index contributed by atoms with van der Waals surface area (Å²) in [7, 11) is 0. The largest absolute Gasteiger partial charge is 0.390 e. The Kier molecular flexibility index (Phi) is 5.17. The molecule has 16 heavy (non-hydrogen) atoms. The van der Waals surface area contributed by atoms with Crippen LogP contribution in [0.15, 0.2) is 12.1 Å². The van der Waals surface area contributed by atoms with Gasteiger partial charge in [-0.15, -0.1) is 11.6 Å². The van der Waals surface area contributed by atoms with Gasteiger partial charge in [-0.1, -0.05) is 23.2 Å². The maximum absolute atomic E-state index is 9.27. The number of aliphatic hydroxyl groups excluding tert-OH is 1. The maximum Gasteiger partial charge on any atom is 0.103 e. The third kappa shape index (κ3) is 3.16. The summed E-state index contributed by atoms with van der Waals surface area (Å²) in [6.45, 7) is 0.246. The van der Waals surface area contributed by atoms with Gasteiger partial charge in [-0.05, 0) is 12.1 Å². The Bertz CT molecular complexity index is 417. The van der Waals surface area contributed by atoms with E-state index in [1.165, 1.54) is 0 Å². The van der Waals surface area contributed by atoms with Gasteiger partial charge in [-0.25, -0.2) is 0 Å². The van der Waals surface area contributed by atoms with Crippen LogP contribution < -0.4 is 5.32 Å². The van der Waals surface area contributed by atoms with Crippen molar-refractivity contribution in [3.05, 3.63) is 27.7 Å². The Balaban J connectivity index is 2.89. The van der Waals surface area contributed by atoms with Crippen molar-refractivity contribution in [2.24, 2.45) is 0 Å². The molecule has 1 aromatic rings. The van der Waals surface area contributed by atoms with Crippen molar-refractivity contribution in [3.63, 3.8) is 0 Å². The minimum Gasteiger partial charge on any atom is -0.390 e. The first-order valence-corrected chi connectivity index (χ1v) is 5.75. The fourth-order valence-electron chi connectivity index (χ4n) is 1.09. The molecular formula is C10H9Cl3N2O. The summed E-state index contributed by atoms with van der Waals surface area (Å²) in [5.41, 5.74) is 0.789. The van der Waals surface area contributed by atoms with Crippen LogP contribution in [0.2, 0.25) is 10.0 Å². The van der Waals surface area contributed by atoms with Crippen molar-refractivity contribution in [2.75, 3.05) is 17.7 Å². The van der Waals surface area contributed by atoms with Crippen LogP contribution in [0, 0.1) is 11.3 Å². The van der Waals surface area contributed by atoms with Crippen molar-refractivity contribution < 1.29 is 5.11 Å². The molecule has 6 heteroatoms. The fourth-order valence-corrected chi connectivity index (χ4v) is 1.56. The molecule has 1 rings (SSSR count). The van der Waals surface area contributed by atoms with Crippen molar-refractivity contribution in [1.82, 2.24) is 0 Å². The molecule has 0 fully saturated rings. The second kappa shape index (κ2) is 6.17. The lowest BCUT2D eigenvalue weighted by atomic mass is 10.2. The molecule has 0 spiro atoms. The van der Waals surface area contributed by atoms with E-state index in [4.69, 9.17) is 40.1 Å². The average Bonchev–Trinajstić information content (AvgIpc) is 2.30. The molecule has 86 valence electrons. The first-order chi connectivity index (χ1) is 7.60. The SMILES string of the molecule is N#Cc1c(NCC(O)CCl)ccc(Cl)c1Cl. The Morgan fingerprint density at radius 1 is 1.44 bits per heavy atom. The fraction of sp³-hybridized carbons (Fsp3) is 0.300. The lowest BCUT2D eigenvalue weighted by Gasteiger charge is -2.12. The molecule has 0 bridgehead atoms. The highest BCUT2D eigenvalue weighted by atomic mass is 35.5. The molecule has 3 nitrogen and oxygen atoms in total. The lowest BCUT2D eigenvalue weighted by molar-refractivity contribution is 0.211. The number of hydrogen-bond acceptors (Lipinski definition) is 3. The van der Waals surface area contributed by atoms with Crippen LogP contribution in [0.1, 0.15) is 5.56 Å². The van der Waals surface area contributed by atoms with Crippen LogP contribution in [0.25, 0.3) is 0 Å². The summed E-state index contributed by atoms with van der Waals surface area (Å²) < 4.78 is 0. The van der Waals surface area contributed by atoms with Crippen LogP contribution in [-0.4, -0.2) is 23.6 Å². The van der Waals surface area contributed by atoms with Gasteiger partial charge in [-0.2, -0.15) is 5.26 Å². The summed E-state index contributed by atoms with van der Waals surface area (Å²) in [5, 5.41) is 21.6. The van der Waals surface area contributed by atoms with Crippen molar-refractivity contribution in [2.45, 2.75) is 6.10 Å². The van der Waals surface area contributed by atoms with Gasteiger partial charge < -0.3 is 10.4 Å². The third-order valence-corrected chi connectivity index (χ3v) is 3.07. The number of nitriles is 1. The zero-order valence-corrected chi connectivity index (χ0v) is 10.4. The Morgan fingerprint density at radius 3 is 2.69 bits per heavy atom. The van der Waals surface area contributed by atoms with Gasteiger partial charge in [0.2, 0.25) is 0 Å². The van der Waals surface area contributed by atoms with Crippen LogP contribution in [0.5, 0.6) is 0 Å². The number of nitrogens with zero attached hydrogens (tertiary/aromatic N) is 1. The normalized spacial score (nSPS) is 11.9. The molecule has 0 aliphatic rings. The zero-order chi connectivity index (χ0) is 12.1. The highest BCUT2D eigenvalue weighted by Gasteiger charge is 2.11. The van der Waals surface area contributed by atoms with Gasteiger partial charge in [0.25, 0.3) is 0 Å². The average molecular weight is 280 g/mol. The first kappa shape index (κ1) is 13.4. The minimum absolute atomic E-state index is 0.121. The van der Waals surface area contributed by atoms with Gasteiger partial charge in [-0.3, -0.25) is 0 Å². The molecule has 0 heterocycles. The minimum atomic E-state index is -0.678. The van der Waals surface area contributed by atoms with E-state index in [0.717, 1.165) is 0 Å². The van der Waals surface area contributed by atoms with E-state index >= 15 is 0 Å². The number of anilines is 1. The smallest absolute Gasteiger partial charge is 0.103 e. The Labute approximate surface area is 109 Å². The molecule has 0 amide bonds. The van der Waals surface area contributed by atoms with E-state index in [2.05, 4.69) is 5.32 Å². The predicted octanol–water partition coefficient (Wildman–Crippen LogP) is 2.88. The Hall–Kier alpha value is -0.660. The quantitative estimate of drug-likeness (QED) is 0.833. The van der Waals surface area contributed by atoms with Gasteiger partial charge >= 0.3 is 0 Å². The molecule has 2 N–H and O–H groups in total. The molecule has 0 saturated heterocycles. The summed E-state index contributed by atoms with van der Waals surface area (Å²) in [6.07, 6.45) is -0.678. The molecule has 1 atom stereocenters. The summed E-state index contributed by atoms with van der Waals surface area (Å²) in [5.74, 6) is 0.121. The van der Waals surface area contributed by atoms with E-state index in [1.54, 1.807) is 12.1 Å². The molecule has 0 aliphatic carbocycles. The highest BCUT2D eigenvalue weighted by molar-refractivity contribution is 6.43. The predicted molar refractivity (Wildman–Crippen MR) is 66.4 cm³/mol. The van der Waals surface area contributed by atoms with Crippen LogP contribution in [0.3, 0.4) is 0 Å². The van der Waals surface area contributed by atoms with Crippen LogP contribution in [-0.2, 0) is 0 Å².